The average Bonchev–Trinajstić information content (AvgIpc) is 3.22. The third kappa shape index (κ3) is 2.39. The molecule has 2 fully saturated rings. The van der Waals surface area contributed by atoms with Gasteiger partial charge in [-0.25, -0.2) is 15.8 Å². The number of hydrazine groups is 1. The molecule has 3 rings (SSSR count). The quantitative estimate of drug-likeness (QED) is 0.537. The van der Waals surface area contributed by atoms with Gasteiger partial charge in [-0.2, -0.15) is 0 Å². The van der Waals surface area contributed by atoms with Crippen LogP contribution in [-0.2, 0) is 0 Å². The molecule has 18 heavy (non-hydrogen) atoms. The van der Waals surface area contributed by atoms with Crippen LogP contribution >= 0.6 is 0 Å². The Morgan fingerprint density at radius 2 is 2.17 bits per heavy atom. The van der Waals surface area contributed by atoms with E-state index in [1.165, 1.54) is 0 Å². The molecule has 0 bridgehead atoms. The fourth-order valence-corrected chi connectivity index (χ4v) is 2.38. The fraction of sp³-hybridized carbons (Fsp3) is 0.667. The van der Waals surface area contributed by atoms with Crippen molar-refractivity contribution in [2.45, 2.75) is 37.7 Å². The number of β-amino-alcohol motifs (C(OH)–C–C–N with tert-alkyl or cyclic N) is 1. The van der Waals surface area contributed by atoms with Gasteiger partial charge in [-0.15, -0.1) is 0 Å². The van der Waals surface area contributed by atoms with Crippen LogP contribution in [0.2, 0.25) is 0 Å². The molecule has 98 valence electrons. The number of aromatic nitrogens is 2. The molecule has 6 heteroatoms. The third-order valence-corrected chi connectivity index (χ3v) is 3.54. The largest absolute Gasteiger partial charge is 0.391 e. The van der Waals surface area contributed by atoms with E-state index in [0.29, 0.717) is 18.3 Å². The normalized spacial score (nSPS) is 24.1. The number of rotatable bonds is 3. The molecule has 1 aromatic rings. The van der Waals surface area contributed by atoms with Gasteiger partial charge in [0.1, 0.15) is 17.5 Å². The highest BCUT2D eigenvalue weighted by molar-refractivity contribution is 5.49. The Labute approximate surface area is 106 Å². The molecule has 1 saturated carbocycles. The lowest BCUT2D eigenvalue weighted by atomic mass is 10.1. The van der Waals surface area contributed by atoms with Crippen LogP contribution in [0.4, 0.5) is 11.6 Å². The number of aliphatic hydroxyl groups excluding tert-OH is 1. The van der Waals surface area contributed by atoms with Gasteiger partial charge in [-0.3, -0.25) is 0 Å². The Bertz CT molecular complexity index is 434. The standard InChI is InChI=1S/C12H19N5O/c13-16-10-6-11(15-12(14-10)8-3-4-8)17-5-1-2-9(18)7-17/h6,8-9,18H,1-5,7,13H2,(H,14,15,16). The van der Waals surface area contributed by atoms with Crippen LogP contribution in [-0.4, -0.2) is 34.3 Å². The Hall–Kier alpha value is -1.40. The summed E-state index contributed by atoms with van der Waals surface area (Å²) >= 11 is 0. The zero-order valence-corrected chi connectivity index (χ0v) is 10.3. The second-order valence-electron chi connectivity index (χ2n) is 5.13. The van der Waals surface area contributed by atoms with Crippen LogP contribution in [0.25, 0.3) is 0 Å². The molecule has 1 aliphatic heterocycles. The Kier molecular flexibility index (Phi) is 3.05. The molecule has 4 N–H and O–H groups in total. The second kappa shape index (κ2) is 4.70. The Balaban J connectivity index is 1.87. The number of nitrogens with one attached hydrogen (secondary N) is 1. The van der Waals surface area contributed by atoms with Gasteiger partial charge in [-0.05, 0) is 25.7 Å². The van der Waals surface area contributed by atoms with Gasteiger partial charge in [0.25, 0.3) is 0 Å². The van der Waals surface area contributed by atoms with Crippen molar-refractivity contribution in [3.63, 3.8) is 0 Å². The first-order chi connectivity index (χ1) is 8.76. The lowest BCUT2D eigenvalue weighted by molar-refractivity contribution is 0.154. The van der Waals surface area contributed by atoms with Crippen LogP contribution in [0.5, 0.6) is 0 Å². The topological polar surface area (TPSA) is 87.3 Å². The molecule has 0 aromatic carbocycles. The van der Waals surface area contributed by atoms with E-state index in [2.05, 4.69) is 20.3 Å². The lowest BCUT2D eigenvalue weighted by Gasteiger charge is -2.31. The number of nitrogens with zero attached hydrogens (tertiary/aromatic N) is 3. The minimum Gasteiger partial charge on any atom is -0.391 e. The lowest BCUT2D eigenvalue weighted by Crippen LogP contribution is -2.39. The van der Waals surface area contributed by atoms with Crippen molar-refractivity contribution in [2.75, 3.05) is 23.4 Å². The number of nitrogen functional groups attached to an aromatic ring is 1. The number of aliphatic hydroxyl groups is 1. The summed E-state index contributed by atoms with van der Waals surface area (Å²) in [5, 5.41) is 9.73. The minimum absolute atomic E-state index is 0.257. The van der Waals surface area contributed by atoms with Gasteiger partial charge in [-0.1, -0.05) is 0 Å². The molecular formula is C12H19N5O. The zero-order valence-electron chi connectivity index (χ0n) is 10.3. The van der Waals surface area contributed by atoms with Crippen molar-refractivity contribution in [1.29, 1.82) is 0 Å². The molecule has 2 aliphatic rings. The number of anilines is 2. The van der Waals surface area contributed by atoms with Gasteiger partial charge in [0.2, 0.25) is 0 Å². The van der Waals surface area contributed by atoms with Gasteiger partial charge < -0.3 is 15.4 Å². The molecule has 1 unspecified atom stereocenters. The minimum atomic E-state index is -0.257. The SMILES string of the molecule is NNc1cc(N2CCCC(O)C2)nc(C2CC2)n1. The summed E-state index contributed by atoms with van der Waals surface area (Å²) in [6.07, 6.45) is 3.94. The van der Waals surface area contributed by atoms with Crippen molar-refractivity contribution in [3.8, 4) is 0 Å². The Morgan fingerprint density at radius 1 is 1.33 bits per heavy atom. The summed E-state index contributed by atoms with van der Waals surface area (Å²) in [5.74, 6) is 8.35. The summed E-state index contributed by atoms with van der Waals surface area (Å²) in [7, 11) is 0. The van der Waals surface area contributed by atoms with Crippen molar-refractivity contribution >= 4 is 11.6 Å². The summed E-state index contributed by atoms with van der Waals surface area (Å²) < 4.78 is 0. The number of piperidine rings is 1. The smallest absolute Gasteiger partial charge is 0.145 e. The highest BCUT2D eigenvalue weighted by Gasteiger charge is 2.28. The molecule has 0 spiro atoms. The average molecular weight is 249 g/mol. The zero-order chi connectivity index (χ0) is 12.5. The monoisotopic (exact) mass is 249 g/mol. The fourth-order valence-electron chi connectivity index (χ4n) is 2.38. The van der Waals surface area contributed by atoms with Crippen LogP contribution in [0.1, 0.15) is 37.4 Å². The third-order valence-electron chi connectivity index (χ3n) is 3.54. The van der Waals surface area contributed by atoms with Gasteiger partial charge in [0.15, 0.2) is 0 Å². The molecule has 1 atom stereocenters. The van der Waals surface area contributed by atoms with Crippen molar-refractivity contribution < 1.29 is 5.11 Å². The number of hydrogen-bond acceptors (Lipinski definition) is 6. The van der Waals surface area contributed by atoms with E-state index >= 15 is 0 Å². The highest BCUT2D eigenvalue weighted by atomic mass is 16.3. The van der Waals surface area contributed by atoms with Gasteiger partial charge in [0.05, 0.1) is 6.10 Å². The van der Waals surface area contributed by atoms with Crippen LogP contribution in [0.3, 0.4) is 0 Å². The summed E-state index contributed by atoms with van der Waals surface area (Å²) in [5.41, 5.74) is 2.60. The first kappa shape index (κ1) is 11.7. The predicted octanol–water partition coefficient (Wildman–Crippen LogP) is 0.601. The maximum atomic E-state index is 9.73. The summed E-state index contributed by atoms with van der Waals surface area (Å²) in [4.78, 5) is 11.1. The van der Waals surface area contributed by atoms with Crippen LogP contribution in [0, 0.1) is 0 Å². The van der Waals surface area contributed by atoms with Crippen molar-refractivity contribution in [1.82, 2.24) is 9.97 Å². The molecule has 6 nitrogen and oxygen atoms in total. The molecule has 2 heterocycles. The van der Waals surface area contributed by atoms with E-state index in [9.17, 15) is 5.11 Å². The van der Waals surface area contributed by atoms with Crippen LogP contribution < -0.4 is 16.2 Å². The summed E-state index contributed by atoms with van der Waals surface area (Å²) in [6.45, 7) is 1.58. The molecule has 0 amide bonds. The van der Waals surface area contributed by atoms with E-state index in [1.54, 1.807) is 0 Å². The van der Waals surface area contributed by atoms with Gasteiger partial charge >= 0.3 is 0 Å². The number of nitrogens with two attached hydrogens (primary N) is 1. The molecule has 1 aliphatic carbocycles. The van der Waals surface area contributed by atoms with E-state index in [0.717, 1.165) is 43.9 Å². The molecular weight excluding hydrogens is 230 g/mol. The van der Waals surface area contributed by atoms with Gasteiger partial charge in [0, 0.05) is 25.1 Å². The van der Waals surface area contributed by atoms with Crippen molar-refractivity contribution in [2.24, 2.45) is 5.84 Å². The molecule has 0 radical (unpaired) electrons. The van der Waals surface area contributed by atoms with E-state index in [4.69, 9.17) is 5.84 Å². The maximum Gasteiger partial charge on any atom is 0.145 e. The van der Waals surface area contributed by atoms with Crippen LogP contribution in [0.15, 0.2) is 6.07 Å². The Morgan fingerprint density at radius 3 is 2.83 bits per heavy atom. The van der Waals surface area contributed by atoms with E-state index in [-0.39, 0.29) is 6.10 Å². The maximum absolute atomic E-state index is 9.73. The van der Waals surface area contributed by atoms with E-state index in [1.807, 2.05) is 6.07 Å². The van der Waals surface area contributed by atoms with Crippen molar-refractivity contribution in [3.05, 3.63) is 11.9 Å². The first-order valence-electron chi connectivity index (χ1n) is 6.55. The molecule has 1 saturated heterocycles. The van der Waals surface area contributed by atoms with E-state index < -0.39 is 0 Å². The highest BCUT2D eigenvalue weighted by Crippen LogP contribution is 2.39. The first-order valence-corrected chi connectivity index (χ1v) is 6.55. The summed E-state index contributed by atoms with van der Waals surface area (Å²) in [6, 6.07) is 1.85. The predicted molar refractivity (Wildman–Crippen MR) is 69.3 cm³/mol. The number of hydrogen-bond donors (Lipinski definition) is 3. The second-order valence-corrected chi connectivity index (χ2v) is 5.13. The molecule has 1 aromatic heterocycles.